The van der Waals surface area contributed by atoms with Crippen molar-refractivity contribution in [1.82, 2.24) is 4.31 Å². The van der Waals surface area contributed by atoms with Crippen LogP contribution in [-0.2, 0) is 14.8 Å². The van der Waals surface area contributed by atoms with E-state index in [4.69, 9.17) is 27.9 Å². The van der Waals surface area contributed by atoms with Gasteiger partial charge < -0.3 is 4.74 Å². The number of hydrazone groups is 1. The molecule has 3 rings (SSSR count). The topological polar surface area (TPSA) is 71.0 Å². The van der Waals surface area contributed by atoms with E-state index in [1.165, 1.54) is 4.31 Å². The molecule has 0 spiro atoms. The lowest BCUT2D eigenvalue weighted by Gasteiger charge is -2.26. The van der Waals surface area contributed by atoms with Gasteiger partial charge in [0.2, 0.25) is 10.0 Å². The number of anilines is 1. The summed E-state index contributed by atoms with van der Waals surface area (Å²) in [5.74, 6) is 0. The van der Waals surface area contributed by atoms with E-state index in [9.17, 15) is 8.42 Å². The first kappa shape index (κ1) is 20.1. The summed E-state index contributed by atoms with van der Waals surface area (Å²) in [6.45, 7) is 3.30. The van der Waals surface area contributed by atoms with E-state index in [1.807, 2.05) is 0 Å². The third-order valence-corrected chi connectivity index (χ3v) is 6.57. The highest BCUT2D eigenvalue weighted by atomic mass is 35.5. The molecule has 1 heterocycles. The van der Waals surface area contributed by atoms with Crippen molar-refractivity contribution in [2.45, 2.75) is 11.8 Å². The van der Waals surface area contributed by atoms with Crippen LogP contribution in [0.5, 0.6) is 0 Å². The quantitative estimate of drug-likeness (QED) is 0.580. The molecule has 1 N–H and O–H groups in total. The molecule has 1 fully saturated rings. The number of sulfonamides is 1. The van der Waals surface area contributed by atoms with Gasteiger partial charge in [-0.15, -0.1) is 0 Å². The number of morpholine rings is 1. The van der Waals surface area contributed by atoms with E-state index in [-0.39, 0.29) is 4.90 Å². The van der Waals surface area contributed by atoms with E-state index in [2.05, 4.69) is 10.5 Å². The van der Waals surface area contributed by atoms with Crippen molar-refractivity contribution in [3.63, 3.8) is 0 Å². The van der Waals surface area contributed by atoms with Gasteiger partial charge in [-0.2, -0.15) is 9.41 Å². The van der Waals surface area contributed by atoms with Crippen LogP contribution in [0.2, 0.25) is 10.0 Å². The molecule has 0 bridgehead atoms. The molecule has 9 heteroatoms. The Kier molecular flexibility index (Phi) is 6.39. The second-order valence-electron chi connectivity index (χ2n) is 5.98. The molecule has 2 aromatic carbocycles. The van der Waals surface area contributed by atoms with E-state index in [1.54, 1.807) is 49.4 Å². The second-order valence-corrected chi connectivity index (χ2v) is 8.76. The van der Waals surface area contributed by atoms with Crippen molar-refractivity contribution in [1.29, 1.82) is 0 Å². The normalized spacial score (nSPS) is 16.3. The summed E-state index contributed by atoms with van der Waals surface area (Å²) >= 11 is 12.2. The molecule has 0 saturated carbocycles. The van der Waals surface area contributed by atoms with Gasteiger partial charge in [0.15, 0.2) is 0 Å². The maximum atomic E-state index is 12.8. The maximum Gasteiger partial charge on any atom is 0.243 e. The first-order valence-electron chi connectivity index (χ1n) is 8.31. The van der Waals surface area contributed by atoms with Crippen LogP contribution in [-0.4, -0.2) is 44.7 Å². The Labute approximate surface area is 168 Å². The predicted molar refractivity (Wildman–Crippen MR) is 108 cm³/mol. The SMILES string of the molecule is CC(=NNc1cccc(S(=O)(=O)N2CCOCC2)c1)c1cc(Cl)ccc1Cl. The largest absolute Gasteiger partial charge is 0.379 e. The predicted octanol–water partition coefficient (Wildman–Crippen LogP) is 3.85. The number of halogens is 2. The zero-order valence-electron chi connectivity index (χ0n) is 14.7. The van der Waals surface area contributed by atoms with Gasteiger partial charge in [0, 0.05) is 28.7 Å². The summed E-state index contributed by atoms with van der Waals surface area (Å²) in [6.07, 6.45) is 0. The highest BCUT2D eigenvalue weighted by molar-refractivity contribution is 7.89. The lowest BCUT2D eigenvalue weighted by atomic mass is 10.1. The van der Waals surface area contributed by atoms with Crippen molar-refractivity contribution in [2.24, 2.45) is 5.10 Å². The van der Waals surface area contributed by atoms with Crippen molar-refractivity contribution in [3.05, 3.63) is 58.1 Å². The fraction of sp³-hybridized carbons (Fsp3) is 0.278. The lowest BCUT2D eigenvalue weighted by molar-refractivity contribution is 0.0730. The minimum atomic E-state index is -3.56. The molecule has 27 heavy (non-hydrogen) atoms. The number of ether oxygens (including phenoxy) is 1. The van der Waals surface area contributed by atoms with E-state index >= 15 is 0 Å². The number of hydrogen-bond acceptors (Lipinski definition) is 5. The number of nitrogens with one attached hydrogen (secondary N) is 1. The van der Waals surface area contributed by atoms with E-state index in [0.29, 0.717) is 53.3 Å². The summed E-state index contributed by atoms with van der Waals surface area (Å²) in [6, 6.07) is 11.7. The van der Waals surface area contributed by atoms with E-state index in [0.717, 1.165) is 0 Å². The number of hydrogen-bond donors (Lipinski definition) is 1. The average Bonchev–Trinajstić information content (AvgIpc) is 2.69. The second kappa shape index (κ2) is 8.58. The van der Waals surface area contributed by atoms with Crippen LogP contribution in [0.4, 0.5) is 5.69 Å². The molecule has 144 valence electrons. The van der Waals surface area contributed by atoms with Crippen LogP contribution in [0.25, 0.3) is 0 Å². The van der Waals surface area contributed by atoms with Crippen molar-refractivity contribution < 1.29 is 13.2 Å². The van der Waals surface area contributed by atoms with Crippen molar-refractivity contribution in [2.75, 3.05) is 31.7 Å². The van der Waals surface area contributed by atoms with Gasteiger partial charge in [-0.1, -0.05) is 29.3 Å². The summed E-state index contributed by atoms with van der Waals surface area (Å²) < 4.78 is 32.2. The molecule has 0 radical (unpaired) electrons. The molecule has 0 aromatic heterocycles. The number of nitrogens with zero attached hydrogens (tertiary/aromatic N) is 2. The molecular weight excluding hydrogens is 409 g/mol. The Bertz CT molecular complexity index is 958. The summed E-state index contributed by atoms with van der Waals surface area (Å²) in [4.78, 5) is 0.211. The molecule has 0 atom stereocenters. The minimum Gasteiger partial charge on any atom is -0.379 e. The highest BCUT2D eigenvalue weighted by Crippen LogP contribution is 2.23. The third kappa shape index (κ3) is 4.80. The Morgan fingerprint density at radius 3 is 2.63 bits per heavy atom. The number of benzene rings is 2. The molecule has 0 aliphatic carbocycles. The fourth-order valence-electron chi connectivity index (χ4n) is 2.65. The standard InChI is InChI=1S/C18H19Cl2N3O3S/c1-13(17-11-14(19)5-6-18(17)20)21-22-15-3-2-4-16(12-15)27(24,25)23-7-9-26-10-8-23/h2-6,11-12,22H,7-10H2,1H3. The Balaban J connectivity index is 1.80. The van der Waals surface area contributed by atoms with Gasteiger partial charge in [0.05, 0.1) is 29.5 Å². The van der Waals surface area contributed by atoms with Gasteiger partial charge in [0.25, 0.3) is 0 Å². The molecule has 6 nitrogen and oxygen atoms in total. The zero-order valence-corrected chi connectivity index (χ0v) is 17.0. The third-order valence-electron chi connectivity index (χ3n) is 4.11. The van der Waals surface area contributed by atoms with Crippen molar-refractivity contribution >= 4 is 44.6 Å². The summed E-state index contributed by atoms with van der Waals surface area (Å²) in [7, 11) is -3.56. The summed E-state index contributed by atoms with van der Waals surface area (Å²) in [5, 5.41) is 5.39. The van der Waals surface area contributed by atoms with Crippen LogP contribution >= 0.6 is 23.2 Å². The fourth-order valence-corrected chi connectivity index (χ4v) is 4.53. The first-order chi connectivity index (χ1) is 12.9. The van der Waals surface area contributed by atoms with Crippen molar-refractivity contribution in [3.8, 4) is 0 Å². The Hall–Kier alpha value is -1.64. The molecule has 1 aliphatic heterocycles. The molecule has 1 aliphatic rings. The average molecular weight is 428 g/mol. The zero-order chi connectivity index (χ0) is 19.4. The monoisotopic (exact) mass is 427 g/mol. The molecular formula is C18H19Cl2N3O3S. The van der Waals surface area contributed by atoms with Crippen LogP contribution in [0.1, 0.15) is 12.5 Å². The molecule has 0 amide bonds. The summed E-state index contributed by atoms with van der Waals surface area (Å²) in [5.41, 5.74) is 4.77. The molecule has 1 saturated heterocycles. The molecule has 2 aromatic rings. The van der Waals surface area contributed by atoms with Crippen LogP contribution < -0.4 is 5.43 Å². The maximum absolute atomic E-state index is 12.8. The minimum absolute atomic E-state index is 0.211. The lowest BCUT2D eigenvalue weighted by Crippen LogP contribution is -2.40. The van der Waals surface area contributed by atoms with Crippen LogP contribution in [0.15, 0.2) is 52.5 Å². The Morgan fingerprint density at radius 2 is 1.89 bits per heavy atom. The highest BCUT2D eigenvalue weighted by Gasteiger charge is 2.26. The first-order valence-corrected chi connectivity index (χ1v) is 10.5. The van der Waals surface area contributed by atoms with Gasteiger partial charge in [-0.3, -0.25) is 5.43 Å². The smallest absolute Gasteiger partial charge is 0.243 e. The van der Waals surface area contributed by atoms with Gasteiger partial charge in [0.1, 0.15) is 0 Å². The van der Waals surface area contributed by atoms with E-state index < -0.39 is 10.0 Å². The number of rotatable bonds is 5. The van der Waals surface area contributed by atoms with Gasteiger partial charge in [-0.05, 0) is 43.3 Å². The van der Waals surface area contributed by atoms with Gasteiger partial charge in [-0.25, -0.2) is 8.42 Å². The van der Waals surface area contributed by atoms with Gasteiger partial charge >= 0.3 is 0 Å². The van der Waals surface area contributed by atoms with Crippen LogP contribution in [0, 0.1) is 0 Å². The van der Waals surface area contributed by atoms with Crippen LogP contribution in [0.3, 0.4) is 0 Å². The molecule has 0 unspecified atom stereocenters. The Morgan fingerprint density at radius 1 is 1.15 bits per heavy atom.